The van der Waals surface area contributed by atoms with E-state index in [-0.39, 0.29) is 0 Å². The normalized spacial score (nSPS) is 19.5. The largest absolute Gasteiger partial charge is 0.497 e. The number of nitrogens with two attached hydrogens (primary N) is 1. The van der Waals surface area contributed by atoms with E-state index in [4.69, 9.17) is 10.5 Å². The molecule has 2 heteroatoms. The van der Waals surface area contributed by atoms with Crippen molar-refractivity contribution in [2.45, 2.75) is 57.4 Å². The molecule has 0 heterocycles. The summed E-state index contributed by atoms with van der Waals surface area (Å²) in [5.74, 6) is 1.63. The van der Waals surface area contributed by atoms with Gasteiger partial charge in [-0.3, -0.25) is 0 Å². The molecule has 0 amide bonds. The Kier molecular flexibility index (Phi) is 5.71. The van der Waals surface area contributed by atoms with Crippen molar-refractivity contribution in [1.29, 1.82) is 0 Å². The second-order valence-corrected chi connectivity index (χ2v) is 5.82. The zero-order chi connectivity index (χ0) is 13.5. The fourth-order valence-corrected chi connectivity index (χ4v) is 3.12. The SMILES string of the molecule is COc1ccc(CC(N)C2CCCCCCC2)cc1. The van der Waals surface area contributed by atoms with E-state index >= 15 is 0 Å². The van der Waals surface area contributed by atoms with Crippen LogP contribution >= 0.6 is 0 Å². The first-order chi connectivity index (χ1) is 9.29. The molecule has 1 aliphatic rings. The van der Waals surface area contributed by atoms with Gasteiger partial charge in [0.2, 0.25) is 0 Å². The first-order valence-corrected chi connectivity index (χ1v) is 7.68. The van der Waals surface area contributed by atoms with Gasteiger partial charge in [0.05, 0.1) is 7.11 Å². The third-order valence-electron chi connectivity index (χ3n) is 4.39. The molecule has 19 heavy (non-hydrogen) atoms. The predicted octanol–water partition coefficient (Wildman–Crippen LogP) is 3.93. The Morgan fingerprint density at radius 1 is 1.05 bits per heavy atom. The van der Waals surface area contributed by atoms with Crippen LogP contribution in [0.4, 0.5) is 0 Å². The standard InChI is InChI=1S/C17H27NO/c1-19-16-11-9-14(10-12-16)13-17(18)15-7-5-3-2-4-6-8-15/h9-12,15,17H,2-8,13,18H2,1H3. The lowest BCUT2D eigenvalue weighted by Crippen LogP contribution is -2.32. The lowest BCUT2D eigenvalue weighted by Gasteiger charge is -2.26. The van der Waals surface area contributed by atoms with E-state index in [9.17, 15) is 0 Å². The summed E-state index contributed by atoms with van der Waals surface area (Å²) >= 11 is 0. The van der Waals surface area contributed by atoms with Gasteiger partial charge in [-0.2, -0.15) is 0 Å². The maximum atomic E-state index is 6.44. The number of hydrogen-bond acceptors (Lipinski definition) is 2. The number of hydrogen-bond donors (Lipinski definition) is 1. The Morgan fingerprint density at radius 2 is 1.63 bits per heavy atom. The van der Waals surface area contributed by atoms with Crippen LogP contribution in [-0.2, 0) is 6.42 Å². The number of benzene rings is 1. The molecule has 1 aromatic rings. The van der Waals surface area contributed by atoms with E-state index < -0.39 is 0 Å². The Balaban J connectivity index is 1.88. The first-order valence-electron chi connectivity index (χ1n) is 7.68. The van der Waals surface area contributed by atoms with Crippen LogP contribution < -0.4 is 10.5 Å². The fraction of sp³-hybridized carbons (Fsp3) is 0.647. The van der Waals surface area contributed by atoms with Crippen molar-refractivity contribution in [1.82, 2.24) is 0 Å². The third kappa shape index (κ3) is 4.54. The zero-order valence-corrected chi connectivity index (χ0v) is 12.1. The molecule has 0 aliphatic heterocycles. The van der Waals surface area contributed by atoms with E-state index in [0.717, 1.165) is 12.2 Å². The number of ether oxygens (including phenoxy) is 1. The van der Waals surface area contributed by atoms with E-state index in [1.54, 1.807) is 7.11 Å². The molecule has 1 aromatic carbocycles. The Hall–Kier alpha value is -1.02. The lowest BCUT2D eigenvalue weighted by atomic mass is 9.84. The van der Waals surface area contributed by atoms with Crippen molar-refractivity contribution in [2.75, 3.05) is 7.11 Å². The molecule has 0 radical (unpaired) electrons. The van der Waals surface area contributed by atoms with Crippen molar-refractivity contribution in [3.63, 3.8) is 0 Å². The minimum atomic E-state index is 0.312. The quantitative estimate of drug-likeness (QED) is 0.891. The molecule has 2 rings (SSSR count). The van der Waals surface area contributed by atoms with Crippen LogP contribution in [0.15, 0.2) is 24.3 Å². The summed E-state index contributed by atoms with van der Waals surface area (Å²) in [6.45, 7) is 0. The Morgan fingerprint density at radius 3 is 2.21 bits per heavy atom. The summed E-state index contributed by atoms with van der Waals surface area (Å²) in [6.07, 6.45) is 10.6. The van der Waals surface area contributed by atoms with Crippen molar-refractivity contribution < 1.29 is 4.74 Å². The minimum Gasteiger partial charge on any atom is -0.497 e. The molecule has 1 fully saturated rings. The second kappa shape index (κ2) is 7.54. The summed E-state index contributed by atoms with van der Waals surface area (Å²) in [7, 11) is 1.70. The fourth-order valence-electron chi connectivity index (χ4n) is 3.12. The van der Waals surface area contributed by atoms with Gasteiger partial charge < -0.3 is 10.5 Å². The molecule has 1 saturated carbocycles. The van der Waals surface area contributed by atoms with Crippen LogP contribution in [0.25, 0.3) is 0 Å². The van der Waals surface area contributed by atoms with Crippen molar-refractivity contribution in [2.24, 2.45) is 11.7 Å². The van der Waals surface area contributed by atoms with Gasteiger partial charge >= 0.3 is 0 Å². The number of rotatable bonds is 4. The van der Waals surface area contributed by atoms with Crippen molar-refractivity contribution in [3.05, 3.63) is 29.8 Å². The highest BCUT2D eigenvalue weighted by atomic mass is 16.5. The van der Waals surface area contributed by atoms with E-state index in [1.807, 2.05) is 12.1 Å². The third-order valence-corrected chi connectivity index (χ3v) is 4.39. The van der Waals surface area contributed by atoms with Crippen LogP contribution in [0, 0.1) is 5.92 Å². The monoisotopic (exact) mass is 261 g/mol. The topological polar surface area (TPSA) is 35.2 Å². The van der Waals surface area contributed by atoms with Crippen LogP contribution in [0.5, 0.6) is 5.75 Å². The van der Waals surface area contributed by atoms with Crippen molar-refractivity contribution >= 4 is 0 Å². The predicted molar refractivity (Wildman–Crippen MR) is 80.5 cm³/mol. The highest BCUT2D eigenvalue weighted by Gasteiger charge is 2.19. The van der Waals surface area contributed by atoms with Gasteiger partial charge in [0.1, 0.15) is 5.75 Å². The molecule has 1 atom stereocenters. The molecule has 1 unspecified atom stereocenters. The molecular weight excluding hydrogens is 234 g/mol. The molecule has 0 spiro atoms. The molecule has 0 saturated heterocycles. The minimum absolute atomic E-state index is 0.312. The highest BCUT2D eigenvalue weighted by molar-refractivity contribution is 5.27. The van der Waals surface area contributed by atoms with Crippen LogP contribution in [0.2, 0.25) is 0 Å². The Bertz CT molecular complexity index is 352. The zero-order valence-electron chi connectivity index (χ0n) is 12.1. The molecular formula is C17H27NO. The summed E-state index contributed by atoms with van der Waals surface area (Å²) in [4.78, 5) is 0. The van der Waals surface area contributed by atoms with Gasteiger partial charge in [0.15, 0.2) is 0 Å². The van der Waals surface area contributed by atoms with Gasteiger partial charge in [-0.25, -0.2) is 0 Å². The molecule has 0 aromatic heterocycles. The lowest BCUT2D eigenvalue weighted by molar-refractivity contribution is 0.322. The molecule has 2 N–H and O–H groups in total. The van der Waals surface area contributed by atoms with Gasteiger partial charge in [0.25, 0.3) is 0 Å². The smallest absolute Gasteiger partial charge is 0.118 e. The van der Waals surface area contributed by atoms with Crippen LogP contribution in [0.1, 0.15) is 50.5 Å². The molecule has 106 valence electrons. The van der Waals surface area contributed by atoms with Gasteiger partial charge in [-0.1, -0.05) is 44.2 Å². The summed E-state index contributed by atoms with van der Waals surface area (Å²) in [5.41, 5.74) is 7.77. The molecule has 0 bridgehead atoms. The summed E-state index contributed by atoms with van der Waals surface area (Å²) in [5, 5.41) is 0. The van der Waals surface area contributed by atoms with Gasteiger partial charge in [0, 0.05) is 6.04 Å². The van der Waals surface area contributed by atoms with Gasteiger partial charge in [-0.05, 0) is 42.9 Å². The Labute approximate surface area is 117 Å². The summed E-state index contributed by atoms with van der Waals surface area (Å²) < 4.78 is 5.19. The van der Waals surface area contributed by atoms with E-state index in [0.29, 0.717) is 12.0 Å². The maximum absolute atomic E-state index is 6.44. The van der Waals surface area contributed by atoms with Crippen molar-refractivity contribution in [3.8, 4) is 5.75 Å². The molecule has 2 nitrogen and oxygen atoms in total. The second-order valence-electron chi connectivity index (χ2n) is 5.82. The van der Waals surface area contributed by atoms with Crippen LogP contribution in [0.3, 0.4) is 0 Å². The molecule has 1 aliphatic carbocycles. The van der Waals surface area contributed by atoms with E-state index in [1.165, 1.54) is 50.5 Å². The maximum Gasteiger partial charge on any atom is 0.118 e. The highest BCUT2D eigenvalue weighted by Crippen LogP contribution is 2.26. The number of methoxy groups -OCH3 is 1. The average Bonchev–Trinajstić information content (AvgIpc) is 2.39. The first kappa shape index (κ1) is 14.4. The average molecular weight is 261 g/mol. The van der Waals surface area contributed by atoms with Crippen LogP contribution in [-0.4, -0.2) is 13.2 Å². The van der Waals surface area contributed by atoms with E-state index in [2.05, 4.69) is 12.1 Å². The van der Waals surface area contributed by atoms with Gasteiger partial charge in [-0.15, -0.1) is 0 Å². The summed E-state index contributed by atoms with van der Waals surface area (Å²) in [6, 6.07) is 8.65.